The Kier molecular flexibility index (Phi) is 9.61. The Hall–Kier alpha value is -3.76. The fourth-order valence-electron chi connectivity index (χ4n) is 5.73. The normalized spacial score (nSPS) is 16.4. The number of fused-ring (bicyclic) bond motifs is 1. The van der Waals surface area contributed by atoms with Gasteiger partial charge in [0.1, 0.15) is 24.0 Å². The number of benzene rings is 2. The summed E-state index contributed by atoms with van der Waals surface area (Å²) in [7, 11) is 1.28. The molecule has 1 atom stereocenters. The second-order valence-corrected chi connectivity index (χ2v) is 12.3. The summed E-state index contributed by atoms with van der Waals surface area (Å²) in [5, 5.41) is 9.71. The van der Waals surface area contributed by atoms with Gasteiger partial charge in [-0.15, -0.1) is 0 Å². The zero-order valence-corrected chi connectivity index (χ0v) is 25.0. The molecule has 1 N–H and O–H groups in total. The number of amides is 2. The maximum Gasteiger partial charge on any atom is 0.416 e. The average Bonchev–Trinajstić information content (AvgIpc) is 3.36. The van der Waals surface area contributed by atoms with E-state index < -0.39 is 47.8 Å². The van der Waals surface area contributed by atoms with Crippen LogP contribution in [0, 0.1) is 0 Å². The van der Waals surface area contributed by atoms with Crippen molar-refractivity contribution in [2.24, 2.45) is 0 Å². The fraction of sp³-hybridized carbons (Fsp3) is 0.531. The number of carboxylic acid groups (broad SMARTS) is 1. The van der Waals surface area contributed by atoms with Crippen LogP contribution in [0.4, 0.5) is 23.7 Å². The summed E-state index contributed by atoms with van der Waals surface area (Å²) in [6.07, 6.45) is -0.765. The lowest BCUT2D eigenvalue weighted by Gasteiger charge is -2.29. The van der Waals surface area contributed by atoms with Crippen LogP contribution in [-0.2, 0) is 33.5 Å². The summed E-state index contributed by atoms with van der Waals surface area (Å²) in [5.74, 6) is -1.42. The molecule has 2 aliphatic rings. The van der Waals surface area contributed by atoms with Crippen molar-refractivity contribution in [2.75, 3.05) is 18.5 Å². The van der Waals surface area contributed by atoms with Crippen molar-refractivity contribution in [1.29, 1.82) is 0 Å². The average molecular weight is 605 g/mol. The number of halogens is 3. The summed E-state index contributed by atoms with van der Waals surface area (Å²) in [4.78, 5) is 39.9. The molecule has 11 heteroatoms. The predicted molar refractivity (Wildman–Crippen MR) is 154 cm³/mol. The molecule has 0 aromatic heterocycles. The highest BCUT2D eigenvalue weighted by Crippen LogP contribution is 2.41. The number of likely N-dealkylation sites (N-methyl/N-ethyl adjacent to an activating group) is 1. The molecule has 2 aromatic carbocycles. The first kappa shape index (κ1) is 32.2. The molecule has 1 unspecified atom stereocenters. The Morgan fingerprint density at radius 3 is 2.37 bits per heavy atom. The van der Waals surface area contributed by atoms with Crippen LogP contribution >= 0.6 is 0 Å². The van der Waals surface area contributed by atoms with Gasteiger partial charge in [-0.1, -0.05) is 31.4 Å². The van der Waals surface area contributed by atoms with Crippen LogP contribution in [0.5, 0.6) is 5.75 Å². The van der Waals surface area contributed by atoms with Gasteiger partial charge in [-0.05, 0) is 86.9 Å². The molecule has 0 radical (unpaired) electrons. The SMILES string of the molecule is CN(C(=O)OC(C)(C)C)C(CC(=O)N1CCc2cc(OCc3ccc(C4CCCCC4)c(C(F)(F)F)c3)ccc21)C(=O)O. The minimum Gasteiger partial charge on any atom is -0.489 e. The van der Waals surface area contributed by atoms with Crippen molar-refractivity contribution in [3.05, 3.63) is 58.7 Å². The summed E-state index contributed by atoms with van der Waals surface area (Å²) < 4.78 is 52.9. The van der Waals surface area contributed by atoms with Gasteiger partial charge in [0.2, 0.25) is 5.91 Å². The monoisotopic (exact) mass is 604 g/mol. The molecule has 234 valence electrons. The summed E-state index contributed by atoms with van der Waals surface area (Å²) in [5.41, 5.74) is 0.740. The standard InChI is InChI=1S/C32H39F3N2O6/c1-31(2,3)43-30(41)36(4)27(29(39)40)18-28(38)37-15-14-22-17-23(11-13-26(22)37)42-19-20-10-12-24(21-8-6-5-7-9-21)25(16-20)32(33,34)35/h10-13,16-17,21,27H,5-9,14-15,18-19H2,1-4H3,(H,39,40). The molecule has 1 aliphatic heterocycles. The zero-order valence-electron chi connectivity index (χ0n) is 25.0. The molecule has 8 nitrogen and oxygen atoms in total. The lowest BCUT2D eigenvalue weighted by molar-refractivity contribution is -0.144. The van der Waals surface area contributed by atoms with Crippen LogP contribution in [0.15, 0.2) is 36.4 Å². The molecule has 43 heavy (non-hydrogen) atoms. The summed E-state index contributed by atoms with van der Waals surface area (Å²) >= 11 is 0. The van der Waals surface area contributed by atoms with Crippen LogP contribution < -0.4 is 9.64 Å². The van der Waals surface area contributed by atoms with Gasteiger partial charge in [-0.25, -0.2) is 9.59 Å². The molecular formula is C32H39F3N2O6. The van der Waals surface area contributed by atoms with Crippen molar-refractivity contribution in [1.82, 2.24) is 4.90 Å². The number of nitrogens with zero attached hydrogens (tertiary/aromatic N) is 2. The molecule has 1 saturated carbocycles. The molecule has 1 aliphatic carbocycles. The molecule has 0 spiro atoms. The third-order valence-electron chi connectivity index (χ3n) is 7.92. The van der Waals surface area contributed by atoms with E-state index in [0.29, 0.717) is 35.5 Å². The van der Waals surface area contributed by atoms with Gasteiger partial charge in [-0.3, -0.25) is 9.69 Å². The van der Waals surface area contributed by atoms with Gasteiger partial charge in [0.15, 0.2) is 0 Å². The highest BCUT2D eigenvalue weighted by atomic mass is 19.4. The minimum absolute atomic E-state index is 0.0489. The van der Waals surface area contributed by atoms with Gasteiger partial charge >= 0.3 is 18.2 Å². The van der Waals surface area contributed by atoms with Crippen LogP contribution in [-0.4, -0.2) is 53.2 Å². The Balaban J connectivity index is 1.42. The number of anilines is 1. The Labute approximate surface area is 249 Å². The molecular weight excluding hydrogens is 565 g/mol. The number of carbonyl (C=O) groups excluding carboxylic acids is 2. The highest BCUT2D eigenvalue weighted by molar-refractivity contribution is 5.98. The fourth-order valence-corrected chi connectivity index (χ4v) is 5.73. The van der Waals surface area contributed by atoms with Gasteiger partial charge in [0.25, 0.3) is 0 Å². The first-order valence-corrected chi connectivity index (χ1v) is 14.6. The van der Waals surface area contributed by atoms with E-state index in [1.807, 2.05) is 0 Å². The zero-order chi connectivity index (χ0) is 31.5. The number of carboxylic acids is 1. The van der Waals surface area contributed by atoms with E-state index in [9.17, 15) is 32.7 Å². The molecule has 1 heterocycles. The van der Waals surface area contributed by atoms with E-state index in [1.165, 1.54) is 18.0 Å². The Morgan fingerprint density at radius 1 is 1.05 bits per heavy atom. The topological polar surface area (TPSA) is 96.4 Å². The maximum atomic E-state index is 13.9. The highest BCUT2D eigenvalue weighted by Gasteiger charge is 2.37. The molecule has 1 fully saturated rings. The number of alkyl halides is 3. The second-order valence-electron chi connectivity index (χ2n) is 12.3. The van der Waals surface area contributed by atoms with Crippen molar-refractivity contribution < 1.29 is 42.1 Å². The van der Waals surface area contributed by atoms with Gasteiger partial charge in [-0.2, -0.15) is 13.2 Å². The maximum absolute atomic E-state index is 13.9. The van der Waals surface area contributed by atoms with Crippen molar-refractivity contribution >= 4 is 23.7 Å². The van der Waals surface area contributed by atoms with Crippen LogP contribution in [0.2, 0.25) is 0 Å². The third kappa shape index (κ3) is 8.00. The van der Waals surface area contributed by atoms with Gasteiger partial charge in [0, 0.05) is 19.3 Å². The van der Waals surface area contributed by atoms with Gasteiger partial charge < -0.3 is 19.5 Å². The van der Waals surface area contributed by atoms with Crippen LogP contribution in [0.3, 0.4) is 0 Å². The smallest absolute Gasteiger partial charge is 0.416 e. The van der Waals surface area contributed by atoms with E-state index in [0.717, 1.165) is 42.6 Å². The van der Waals surface area contributed by atoms with E-state index in [4.69, 9.17) is 9.47 Å². The van der Waals surface area contributed by atoms with E-state index in [1.54, 1.807) is 51.1 Å². The van der Waals surface area contributed by atoms with Crippen molar-refractivity contribution in [3.8, 4) is 5.75 Å². The van der Waals surface area contributed by atoms with E-state index in [-0.39, 0.29) is 12.5 Å². The largest absolute Gasteiger partial charge is 0.489 e. The number of hydrogen-bond acceptors (Lipinski definition) is 5. The van der Waals surface area contributed by atoms with Gasteiger partial charge in [0.05, 0.1) is 12.0 Å². The molecule has 2 amide bonds. The Morgan fingerprint density at radius 2 is 1.74 bits per heavy atom. The van der Waals surface area contributed by atoms with E-state index in [2.05, 4.69) is 0 Å². The number of rotatable bonds is 8. The number of carbonyl (C=O) groups is 3. The minimum atomic E-state index is -4.45. The molecule has 0 saturated heterocycles. The Bertz CT molecular complexity index is 1350. The number of hydrogen-bond donors (Lipinski definition) is 1. The number of aliphatic carboxylic acids is 1. The quantitative estimate of drug-likeness (QED) is 0.351. The number of ether oxygens (including phenoxy) is 2. The summed E-state index contributed by atoms with van der Waals surface area (Å²) in [6.45, 7) is 5.25. The molecule has 2 aromatic rings. The lowest BCUT2D eigenvalue weighted by atomic mass is 9.81. The van der Waals surface area contributed by atoms with Crippen molar-refractivity contribution in [2.45, 2.75) is 96.1 Å². The van der Waals surface area contributed by atoms with Crippen LogP contribution in [0.1, 0.15) is 87.5 Å². The first-order chi connectivity index (χ1) is 20.1. The second kappa shape index (κ2) is 12.9. The van der Waals surface area contributed by atoms with Crippen molar-refractivity contribution in [3.63, 3.8) is 0 Å². The summed E-state index contributed by atoms with van der Waals surface area (Å²) in [6, 6.07) is 8.10. The first-order valence-electron chi connectivity index (χ1n) is 14.6. The third-order valence-corrected chi connectivity index (χ3v) is 7.92. The predicted octanol–water partition coefficient (Wildman–Crippen LogP) is 6.93. The molecule has 4 rings (SSSR count). The molecule has 0 bridgehead atoms. The van der Waals surface area contributed by atoms with Crippen LogP contribution in [0.25, 0.3) is 0 Å². The van der Waals surface area contributed by atoms with E-state index >= 15 is 0 Å². The lowest BCUT2D eigenvalue weighted by Crippen LogP contribution is -2.47.